The predicted octanol–water partition coefficient (Wildman–Crippen LogP) is 1.24. The van der Waals surface area contributed by atoms with Crippen LogP contribution < -0.4 is 0 Å². The Labute approximate surface area is 70.8 Å². The van der Waals surface area contributed by atoms with Gasteiger partial charge in [-0.1, -0.05) is 13.8 Å². The standard InChI is InChI=1S/C8H12N2O2/c1-5(2)7-4-6(8(11)12)9-10(7)3/h4-5H,1-3H3,(H,11,12). The zero-order valence-corrected chi connectivity index (χ0v) is 7.40. The predicted molar refractivity (Wildman–Crippen MR) is 44.3 cm³/mol. The summed E-state index contributed by atoms with van der Waals surface area (Å²) in [4.78, 5) is 10.5. The molecule has 4 heteroatoms. The smallest absolute Gasteiger partial charge is 0.356 e. The summed E-state index contributed by atoms with van der Waals surface area (Å²) in [6, 6.07) is 1.60. The Morgan fingerprint density at radius 1 is 1.67 bits per heavy atom. The summed E-state index contributed by atoms with van der Waals surface area (Å²) in [5, 5.41) is 12.5. The first-order chi connectivity index (χ1) is 5.52. The highest BCUT2D eigenvalue weighted by molar-refractivity contribution is 5.85. The quantitative estimate of drug-likeness (QED) is 0.722. The van der Waals surface area contributed by atoms with E-state index in [2.05, 4.69) is 5.10 Å². The van der Waals surface area contributed by atoms with Gasteiger partial charge in [-0.2, -0.15) is 5.10 Å². The number of carboxylic acid groups (broad SMARTS) is 1. The molecule has 0 aliphatic heterocycles. The molecule has 1 aromatic heterocycles. The fraction of sp³-hybridized carbons (Fsp3) is 0.500. The van der Waals surface area contributed by atoms with E-state index in [1.807, 2.05) is 13.8 Å². The van der Waals surface area contributed by atoms with Gasteiger partial charge in [-0.15, -0.1) is 0 Å². The lowest BCUT2D eigenvalue weighted by atomic mass is 10.1. The van der Waals surface area contributed by atoms with Crippen LogP contribution in [0.4, 0.5) is 0 Å². The normalized spacial score (nSPS) is 10.7. The van der Waals surface area contributed by atoms with Crippen LogP contribution in [0.2, 0.25) is 0 Å². The highest BCUT2D eigenvalue weighted by Crippen LogP contribution is 2.14. The van der Waals surface area contributed by atoms with Crippen molar-refractivity contribution in [3.8, 4) is 0 Å². The zero-order chi connectivity index (χ0) is 9.30. The molecule has 4 nitrogen and oxygen atoms in total. The molecule has 1 heterocycles. The van der Waals surface area contributed by atoms with Crippen molar-refractivity contribution < 1.29 is 9.90 Å². The third-order valence-corrected chi connectivity index (χ3v) is 1.73. The maximum atomic E-state index is 10.5. The van der Waals surface area contributed by atoms with Crippen LogP contribution in [0.5, 0.6) is 0 Å². The molecule has 0 bridgehead atoms. The summed E-state index contributed by atoms with van der Waals surface area (Å²) in [6.45, 7) is 4.01. The molecule has 0 radical (unpaired) electrons. The van der Waals surface area contributed by atoms with Crippen molar-refractivity contribution in [1.82, 2.24) is 9.78 Å². The maximum Gasteiger partial charge on any atom is 0.356 e. The van der Waals surface area contributed by atoms with E-state index in [9.17, 15) is 4.79 Å². The van der Waals surface area contributed by atoms with Crippen molar-refractivity contribution in [3.05, 3.63) is 17.5 Å². The van der Waals surface area contributed by atoms with Gasteiger partial charge in [-0.3, -0.25) is 4.68 Å². The highest BCUT2D eigenvalue weighted by atomic mass is 16.4. The van der Waals surface area contributed by atoms with Crippen molar-refractivity contribution in [2.75, 3.05) is 0 Å². The van der Waals surface area contributed by atoms with E-state index in [1.54, 1.807) is 17.8 Å². The summed E-state index contributed by atoms with van der Waals surface area (Å²) in [7, 11) is 1.75. The first kappa shape index (κ1) is 8.77. The van der Waals surface area contributed by atoms with E-state index >= 15 is 0 Å². The second-order valence-electron chi connectivity index (χ2n) is 3.04. The fourth-order valence-electron chi connectivity index (χ4n) is 1.13. The van der Waals surface area contributed by atoms with Gasteiger partial charge in [0.25, 0.3) is 0 Å². The molecule has 0 fully saturated rings. The molecule has 0 saturated heterocycles. The minimum atomic E-state index is -0.975. The van der Waals surface area contributed by atoms with Crippen LogP contribution in [0.25, 0.3) is 0 Å². The lowest BCUT2D eigenvalue weighted by Crippen LogP contribution is -2.01. The molecule has 0 aliphatic rings. The Balaban J connectivity index is 3.09. The van der Waals surface area contributed by atoms with Gasteiger partial charge in [0.15, 0.2) is 5.69 Å². The second kappa shape index (κ2) is 2.97. The van der Waals surface area contributed by atoms with E-state index in [1.165, 1.54) is 0 Å². The summed E-state index contributed by atoms with van der Waals surface area (Å²) in [6.07, 6.45) is 0. The van der Waals surface area contributed by atoms with E-state index in [4.69, 9.17) is 5.11 Å². The number of aryl methyl sites for hydroxylation is 1. The van der Waals surface area contributed by atoms with Crippen molar-refractivity contribution in [1.29, 1.82) is 0 Å². The van der Waals surface area contributed by atoms with Gasteiger partial charge < -0.3 is 5.11 Å². The Bertz CT molecular complexity index is 302. The molecule has 12 heavy (non-hydrogen) atoms. The molecule has 1 N–H and O–H groups in total. The molecule has 66 valence electrons. The second-order valence-corrected chi connectivity index (χ2v) is 3.04. The van der Waals surface area contributed by atoms with Crippen molar-refractivity contribution in [2.45, 2.75) is 19.8 Å². The molecule has 0 aliphatic carbocycles. The number of hydrogen-bond donors (Lipinski definition) is 1. The topological polar surface area (TPSA) is 55.1 Å². The minimum absolute atomic E-state index is 0.112. The highest BCUT2D eigenvalue weighted by Gasteiger charge is 2.12. The first-order valence-electron chi connectivity index (χ1n) is 3.79. The SMILES string of the molecule is CC(C)c1cc(C(=O)O)nn1C. The third kappa shape index (κ3) is 1.47. The largest absolute Gasteiger partial charge is 0.476 e. The number of carboxylic acids is 1. The number of carbonyl (C=O) groups is 1. The van der Waals surface area contributed by atoms with Gasteiger partial charge in [0.2, 0.25) is 0 Å². The molecule has 0 spiro atoms. The van der Waals surface area contributed by atoms with E-state index < -0.39 is 5.97 Å². The number of aromatic nitrogens is 2. The number of hydrogen-bond acceptors (Lipinski definition) is 2. The molecular weight excluding hydrogens is 156 g/mol. The molecule has 0 unspecified atom stereocenters. The van der Waals surface area contributed by atoms with Crippen LogP contribution in [-0.2, 0) is 7.05 Å². The number of aromatic carboxylic acids is 1. The Morgan fingerprint density at radius 2 is 2.25 bits per heavy atom. The molecule has 0 aromatic carbocycles. The Hall–Kier alpha value is -1.32. The monoisotopic (exact) mass is 168 g/mol. The maximum absolute atomic E-state index is 10.5. The number of nitrogens with zero attached hydrogens (tertiary/aromatic N) is 2. The first-order valence-corrected chi connectivity index (χ1v) is 3.79. The van der Waals surface area contributed by atoms with Gasteiger partial charge in [0.05, 0.1) is 0 Å². The van der Waals surface area contributed by atoms with Crippen LogP contribution in [-0.4, -0.2) is 20.9 Å². The lowest BCUT2D eigenvalue weighted by molar-refractivity contribution is 0.0689. The van der Waals surface area contributed by atoms with Gasteiger partial charge in [-0.05, 0) is 12.0 Å². The molecular formula is C8H12N2O2. The zero-order valence-electron chi connectivity index (χ0n) is 7.40. The van der Waals surface area contributed by atoms with Crippen LogP contribution in [0.1, 0.15) is 35.9 Å². The molecule has 0 atom stereocenters. The van der Waals surface area contributed by atoms with Crippen LogP contribution >= 0.6 is 0 Å². The van der Waals surface area contributed by atoms with Crippen LogP contribution in [0.3, 0.4) is 0 Å². The van der Waals surface area contributed by atoms with Gasteiger partial charge in [0.1, 0.15) is 0 Å². The van der Waals surface area contributed by atoms with Gasteiger partial charge in [0, 0.05) is 12.7 Å². The molecule has 1 aromatic rings. The van der Waals surface area contributed by atoms with Crippen molar-refractivity contribution >= 4 is 5.97 Å². The number of rotatable bonds is 2. The average molecular weight is 168 g/mol. The average Bonchev–Trinajstić information content (AvgIpc) is 2.30. The Morgan fingerprint density at radius 3 is 2.50 bits per heavy atom. The molecule has 1 rings (SSSR count). The summed E-state index contributed by atoms with van der Waals surface area (Å²) >= 11 is 0. The third-order valence-electron chi connectivity index (χ3n) is 1.73. The fourth-order valence-corrected chi connectivity index (χ4v) is 1.13. The summed E-state index contributed by atoms with van der Waals surface area (Å²) < 4.78 is 1.61. The Kier molecular flexibility index (Phi) is 2.17. The van der Waals surface area contributed by atoms with Crippen LogP contribution in [0.15, 0.2) is 6.07 Å². The minimum Gasteiger partial charge on any atom is -0.476 e. The summed E-state index contributed by atoms with van der Waals surface area (Å²) in [5.41, 5.74) is 1.05. The summed E-state index contributed by atoms with van der Waals surface area (Å²) in [5.74, 6) is -0.673. The molecule has 0 saturated carbocycles. The lowest BCUT2D eigenvalue weighted by Gasteiger charge is -2.02. The van der Waals surface area contributed by atoms with Crippen molar-refractivity contribution in [3.63, 3.8) is 0 Å². The van der Waals surface area contributed by atoms with Gasteiger partial charge >= 0.3 is 5.97 Å². The van der Waals surface area contributed by atoms with E-state index in [0.717, 1.165) is 5.69 Å². The van der Waals surface area contributed by atoms with Gasteiger partial charge in [-0.25, -0.2) is 4.79 Å². The van der Waals surface area contributed by atoms with E-state index in [0.29, 0.717) is 5.92 Å². The van der Waals surface area contributed by atoms with Crippen LogP contribution in [0, 0.1) is 0 Å². The molecule has 0 amide bonds. The van der Waals surface area contributed by atoms with Crippen molar-refractivity contribution in [2.24, 2.45) is 7.05 Å². The van der Waals surface area contributed by atoms with E-state index in [-0.39, 0.29) is 5.69 Å².